The van der Waals surface area contributed by atoms with Crippen LogP contribution in [-0.4, -0.2) is 9.55 Å². The van der Waals surface area contributed by atoms with E-state index in [9.17, 15) is 0 Å². The van der Waals surface area contributed by atoms with Crippen molar-refractivity contribution in [2.75, 3.05) is 0 Å². The lowest BCUT2D eigenvalue weighted by molar-refractivity contribution is 0.544. The van der Waals surface area contributed by atoms with Crippen LogP contribution in [0.25, 0.3) is 0 Å². The molecule has 19 heavy (non-hydrogen) atoms. The number of hydrogen-bond acceptors (Lipinski definition) is 3. The highest BCUT2D eigenvalue weighted by molar-refractivity contribution is 9.11. The van der Waals surface area contributed by atoms with E-state index in [2.05, 4.69) is 53.8 Å². The summed E-state index contributed by atoms with van der Waals surface area (Å²) in [6, 6.07) is 5.90. The third-order valence-electron chi connectivity index (χ3n) is 2.91. The maximum Gasteiger partial charge on any atom is 0.131 e. The lowest BCUT2D eigenvalue weighted by atomic mass is 10.1. The molecule has 1 unspecified atom stereocenters. The first kappa shape index (κ1) is 14.7. The maximum atomic E-state index is 5.73. The molecule has 0 aliphatic heterocycles. The van der Waals surface area contributed by atoms with Gasteiger partial charge in [-0.25, -0.2) is 10.4 Å². The van der Waals surface area contributed by atoms with Crippen LogP contribution in [0.5, 0.6) is 0 Å². The molecule has 102 valence electrons. The molecule has 1 aromatic carbocycles. The summed E-state index contributed by atoms with van der Waals surface area (Å²) in [6.07, 6.45) is 4.85. The topological polar surface area (TPSA) is 55.9 Å². The van der Waals surface area contributed by atoms with Gasteiger partial charge in [0.1, 0.15) is 11.9 Å². The molecule has 0 radical (unpaired) electrons. The van der Waals surface area contributed by atoms with Gasteiger partial charge < -0.3 is 4.57 Å². The number of benzene rings is 1. The number of hydrazine groups is 1. The van der Waals surface area contributed by atoms with Crippen molar-refractivity contribution in [2.45, 2.75) is 25.9 Å². The van der Waals surface area contributed by atoms with Crippen molar-refractivity contribution >= 4 is 31.9 Å². The van der Waals surface area contributed by atoms with Gasteiger partial charge in [0.05, 0.1) is 0 Å². The van der Waals surface area contributed by atoms with Gasteiger partial charge in [0, 0.05) is 27.9 Å². The van der Waals surface area contributed by atoms with E-state index in [4.69, 9.17) is 5.84 Å². The maximum absolute atomic E-state index is 5.73. The Labute approximate surface area is 129 Å². The predicted octanol–water partition coefficient (Wildman–Crippen LogP) is 3.37. The van der Waals surface area contributed by atoms with Crippen LogP contribution in [0, 0.1) is 0 Å². The van der Waals surface area contributed by atoms with Crippen molar-refractivity contribution in [2.24, 2.45) is 5.84 Å². The minimum absolute atomic E-state index is 0.135. The van der Waals surface area contributed by atoms with Crippen molar-refractivity contribution in [3.8, 4) is 0 Å². The molecule has 6 heteroatoms. The van der Waals surface area contributed by atoms with Crippen molar-refractivity contribution in [1.82, 2.24) is 15.0 Å². The fourth-order valence-corrected chi connectivity index (χ4v) is 3.33. The second-order valence-electron chi connectivity index (χ2n) is 4.24. The van der Waals surface area contributed by atoms with Crippen LogP contribution >= 0.6 is 31.9 Å². The quantitative estimate of drug-likeness (QED) is 0.610. The minimum atomic E-state index is -0.135. The van der Waals surface area contributed by atoms with E-state index in [-0.39, 0.29) is 6.04 Å². The molecule has 0 fully saturated rings. The van der Waals surface area contributed by atoms with Gasteiger partial charge in [-0.05, 0) is 24.1 Å². The van der Waals surface area contributed by atoms with Crippen LogP contribution in [0.1, 0.15) is 30.8 Å². The molecule has 2 rings (SSSR count). The smallest absolute Gasteiger partial charge is 0.131 e. The van der Waals surface area contributed by atoms with E-state index in [0.29, 0.717) is 0 Å². The lowest BCUT2D eigenvalue weighted by Gasteiger charge is -2.19. The molecule has 2 aromatic rings. The highest BCUT2D eigenvalue weighted by atomic mass is 79.9. The average Bonchev–Trinajstić information content (AvgIpc) is 2.82. The molecular weight excluding hydrogens is 372 g/mol. The fourth-order valence-electron chi connectivity index (χ4n) is 2.05. The van der Waals surface area contributed by atoms with E-state index in [1.807, 2.05) is 30.6 Å². The van der Waals surface area contributed by atoms with Gasteiger partial charge in [0.25, 0.3) is 0 Å². The largest absolute Gasteiger partial charge is 0.333 e. The average molecular weight is 388 g/mol. The Balaban J connectivity index is 2.41. The van der Waals surface area contributed by atoms with Crippen LogP contribution in [0.15, 0.2) is 39.5 Å². The number of halogens is 2. The molecule has 1 aromatic heterocycles. The van der Waals surface area contributed by atoms with Crippen LogP contribution in [-0.2, 0) is 6.54 Å². The predicted molar refractivity (Wildman–Crippen MR) is 83.5 cm³/mol. The number of nitrogens with zero attached hydrogens (tertiary/aromatic N) is 2. The molecule has 0 aliphatic rings. The number of imidazole rings is 1. The van der Waals surface area contributed by atoms with Crippen LogP contribution in [0.2, 0.25) is 0 Å². The number of rotatable bonds is 5. The molecular formula is C13H16Br2N4. The number of hydrogen-bond donors (Lipinski definition) is 2. The summed E-state index contributed by atoms with van der Waals surface area (Å²) in [4.78, 5) is 4.43. The molecule has 0 bridgehead atoms. The third-order valence-corrected chi connectivity index (χ3v) is 4.09. The first-order valence-corrected chi connectivity index (χ1v) is 7.68. The standard InChI is InChI=1S/C13H16Br2N4/c1-2-6-19-7-5-17-13(19)12(18-16)10-4-3-9(14)8-11(10)15/h3-5,7-8,12,18H,2,6,16H2,1H3. The molecule has 0 saturated carbocycles. The first-order chi connectivity index (χ1) is 9.17. The Morgan fingerprint density at radius 3 is 2.84 bits per heavy atom. The van der Waals surface area contributed by atoms with Gasteiger partial charge in [-0.2, -0.15) is 0 Å². The monoisotopic (exact) mass is 386 g/mol. The molecule has 1 heterocycles. The number of nitrogens with one attached hydrogen (secondary N) is 1. The van der Waals surface area contributed by atoms with Gasteiger partial charge in [-0.3, -0.25) is 5.84 Å². The van der Waals surface area contributed by atoms with E-state index < -0.39 is 0 Å². The van der Waals surface area contributed by atoms with Gasteiger partial charge in [0.2, 0.25) is 0 Å². The highest BCUT2D eigenvalue weighted by Gasteiger charge is 2.20. The van der Waals surface area contributed by atoms with Crippen molar-refractivity contribution < 1.29 is 0 Å². The molecule has 0 amide bonds. The fraction of sp³-hybridized carbons (Fsp3) is 0.308. The van der Waals surface area contributed by atoms with Crippen molar-refractivity contribution in [3.05, 3.63) is 50.9 Å². The lowest BCUT2D eigenvalue weighted by Crippen LogP contribution is -2.31. The molecule has 4 nitrogen and oxygen atoms in total. The number of aromatic nitrogens is 2. The Bertz CT molecular complexity index is 553. The van der Waals surface area contributed by atoms with Crippen LogP contribution in [0.4, 0.5) is 0 Å². The van der Waals surface area contributed by atoms with Crippen LogP contribution in [0.3, 0.4) is 0 Å². The molecule has 3 N–H and O–H groups in total. The van der Waals surface area contributed by atoms with Gasteiger partial charge >= 0.3 is 0 Å². The normalized spacial score (nSPS) is 12.6. The Kier molecular flexibility index (Phi) is 5.15. The van der Waals surface area contributed by atoms with Gasteiger partial charge in [-0.15, -0.1) is 0 Å². The van der Waals surface area contributed by atoms with E-state index >= 15 is 0 Å². The summed E-state index contributed by atoms with van der Waals surface area (Å²) >= 11 is 7.03. The Morgan fingerprint density at radius 1 is 1.42 bits per heavy atom. The minimum Gasteiger partial charge on any atom is -0.333 e. The van der Waals surface area contributed by atoms with Crippen molar-refractivity contribution in [3.63, 3.8) is 0 Å². The van der Waals surface area contributed by atoms with Gasteiger partial charge in [0.15, 0.2) is 0 Å². The van der Waals surface area contributed by atoms with E-state index in [1.165, 1.54) is 0 Å². The zero-order chi connectivity index (χ0) is 13.8. The van der Waals surface area contributed by atoms with E-state index in [1.54, 1.807) is 0 Å². The summed E-state index contributed by atoms with van der Waals surface area (Å²) in [7, 11) is 0. The number of aryl methyl sites for hydroxylation is 1. The zero-order valence-electron chi connectivity index (χ0n) is 10.6. The molecule has 0 saturated heterocycles. The second-order valence-corrected chi connectivity index (χ2v) is 6.01. The summed E-state index contributed by atoms with van der Waals surface area (Å²) in [5.74, 6) is 6.66. The molecule has 1 atom stereocenters. The van der Waals surface area contributed by atoms with Gasteiger partial charge in [-0.1, -0.05) is 44.8 Å². The summed E-state index contributed by atoms with van der Waals surface area (Å²) < 4.78 is 4.14. The third kappa shape index (κ3) is 3.25. The zero-order valence-corrected chi connectivity index (χ0v) is 13.8. The molecule has 0 spiro atoms. The Hall–Kier alpha value is -0.690. The highest BCUT2D eigenvalue weighted by Crippen LogP contribution is 2.29. The SMILES string of the molecule is CCCn1ccnc1C(NN)c1ccc(Br)cc1Br. The second kappa shape index (κ2) is 6.65. The summed E-state index contributed by atoms with van der Waals surface area (Å²) in [5.41, 5.74) is 3.92. The first-order valence-electron chi connectivity index (χ1n) is 6.09. The summed E-state index contributed by atoms with van der Waals surface area (Å²) in [6.45, 7) is 3.08. The Morgan fingerprint density at radius 2 is 2.21 bits per heavy atom. The van der Waals surface area contributed by atoms with E-state index in [0.717, 1.165) is 33.3 Å². The van der Waals surface area contributed by atoms with Crippen LogP contribution < -0.4 is 11.3 Å². The molecule has 0 aliphatic carbocycles. The summed E-state index contributed by atoms with van der Waals surface area (Å²) in [5, 5.41) is 0. The number of nitrogens with two attached hydrogens (primary N) is 1. The van der Waals surface area contributed by atoms with Crippen molar-refractivity contribution in [1.29, 1.82) is 0 Å².